The first-order valence-corrected chi connectivity index (χ1v) is 21.1. The molecule has 5 atom stereocenters. The molecule has 2 aliphatic heterocycles. The van der Waals surface area contributed by atoms with Crippen molar-refractivity contribution in [2.75, 3.05) is 6.54 Å². The normalized spacial score (nSPS) is 27.2. The average molecular weight is 784 g/mol. The summed E-state index contributed by atoms with van der Waals surface area (Å²) in [5.74, 6) is -2.33. The van der Waals surface area contributed by atoms with Crippen molar-refractivity contribution in [3.63, 3.8) is 0 Å². The number of Topliss-reactive ketones (excluding diaryl/α,β-unsaturated/α-hetero) is 2. The maximum Gasteiger partial charge on any atom is 0.240 e. The Labute approximate surface area is 325 Å². The predicted octanol–water partition coefficient (Wildman–Crippen LogP) is 7.15. The number of hydrogen-bond acceptors (Lipinski definition) is 9. The molecule has 3 fully saturated rings. The summed E-state index contributed by atoms with van der Waals surface area (Å²) in [6.07, 6.45) is 7.53. The van der Waals surface area contributed by atoms with Crippen molar-refractivity contribution in [2.45, 2.75) is 101 Å². The van der Waals surface area contributed by atoms with E-state index in [1.54, 1.807) is 32.0 Å². The van der Waals surface area contributed by atoms with Gasteiger partial charge in [0.25, 0.3) is 0 Å². The minimum atomic E-state index is -3.97. The Kier molecular flexibility index (Phi) is 9.87. The second kappa shape index (κ2) is 14.5. The highest BCUT2D eigenvalue weighted by Crippen LogP contribution is 2.57. The lowest BCUT2D eigenvalue weighted by Gasteiger charge is -2.29. The van der Waals surface area contributed by atoms with E-state index in [1.807, 2.05) is 36.4 Å². The minimum absolute atomic E-state index is 0.00620. The fraction of sp³-hybridized carbons (Fsp3) is 0.465. The van der Waals surface area contributed by atoms with Crippen LogP contribution in [0.5, 0.6) is 5.88 Å². The van der Waals surface area contributed by atoms with Crippen LogP contribution in [0.25, 0.3) is 21.7 Å². The molecule has 2 amide bonds. The molecule has 2 aromatic carbocycles. The van der Waals surface area contributed by atoms with E-state index in [2.05, 4.69) is 9.71 Å². The Morgan fingerprint density at radius 3 is 2.57 bits per heavy atom. The molecule has 0 bridgehead atoms. The Hall–Kier alpha value is -4.91. The molecule has 4 aromatic rings. The molecule has 1 N–H and O–H groups in total. The standard InChI is InChI=1S/C43H46FN3O8S/c1-26-14-17-38(54-26)36(48)20-27-10-6-4-3-5-7-11-28-23-43(28,41(51)46-56(52,53)42(2)18-19-42)24-37(49)35-22-30(25-47(35)40(27)50)55-39-33-13-9-8-12-31(33)32-16-15-29(44)21-34(32)45-39/h7-9,11-17,21,27-28,30,35H,3-6,10,18-20,22-25H2,1-2H3,(H,46,51)/b11-7-/t27-,28-,30-,35+,43-/m1/s1. The summed E-state index contributed by atoms with van der Waals surface area (Å²) in [5, 5.41) is 2.22. The van der Waals surface area contributed by atoms with Crippen molar-refractivity contribution in [1.82, 2.24) is 14.6 Å². The number of pyridine rings is 1. The molecular formula is C43H46FN3O8S. The van der Waals surface area contributed by atoms with Crippen LogP contribution in [0.1, 0.15) is 93.9 Å². The number of benzene rings is 2. The fourth-order valence-electron chi connectivity index (χ4n) is 8.48. The van der Waals surface area contributed by atoms with Gasteiger partial charge in [-0.05, 0) is 94.0 Å². The number of carbonyl (C=O) groups is 4. The molecular weight excluding hydrogens is 738 g/mol. The van der Waals surface area contributed by atoms with Gasteiger partial charge in [-0.15, -0.1) is 0 Å². The SMILES string of the molecule is Cc1ccc(C(=O)C[C@H]2CCCCC/C=C\[C@@H]3C[C@@]3(C(=O)NS(=O)(=O)C3(C)CC3)CC(=O)[C@@H]3C[C@@H](Oc4nc5cc(F)ccc5c5ccccc45)CN3C2=O)o1. The molecule has 2 aliphatic carbocycles. The number of aromatic nitrogens is 1. The van der Waals surface area contributed by atoms with E-state index < -0.39 is 50.0 Å². The van der Waals surface area contributed by atoms with Crippen molar-refractivity contribution in [3.8, 4) is 5.88 Å². The molecule has 294 valence electrons. The summed E-state index contributed by atoms with van der Waals surface area (Å²) in [6.45, 7) is 3.35. The number of hydrogen-bond donors (Lipinski definition) is 1. The second-order valence-corrected chi connectivity index (χ2v) is 18.6. The third-order valence-corrected chi connectivity index (χ3v) is 14.5. The summed E-state index contributed by atoms with van der Waals surface area (Å²) in [5.41, 5.74) is -0.895. The Balaban J connectivity index is 1.13. The van der Waals surface area contributed by atoms with E-state index in [0.29, 0.717) is 48.8 Å². The van der Waals surface area contributed by atoms with Gasteiger partial charge in [0.05, 0.1) is 28.3 Å². The monoisotopic (exact) mass is 783 g/mol. The van der Waals surface area contributed by atoms with Gasteiger partial charge in [-0.1, -0.05) is 43.2 Å². The van der Waals surface area contributed by atoms with E-state index in [9.17, 15) is 32.0 Å². The topological polar surface area (TPSA) is 153 Å². The summed E-state index contributed by atoms with van der Waals surface area (Å²) in [6, 6.07) is 14.1. The number of amides is 2. The number of sulfonamides is 1. The van der Waals surface area contributed by atoms with Gasteiger partial charge >= 0.3 is 0 Å². The van der Waals surface area contributed by atoms with E-state index in [0.717, 1.165) is 30.0 Å². The molecule has 2 aromatic heterocycles. The highest BCUT2D eigenvalue weighted by Gasteiger charge is 2.62. The van der Waals surface area contributed by atoms with E-state index in [4.69, 9.17) is 9.15 Å². The average Bonchev–Trinajstić information content (AvgIpc) is 3.97. The molecule has 4 aliphatic rings. The molecule has 11 nitrogen and oxygen atoms in total. The van der Waals surface area contributed by atoms with E-state index in [-0.39, 0.29) is 60.8 Å². The maximum absolute atomic E-state index is 14.7. The molecule has 2 saturated carbocycles. The first-order chi connectivity index (χ1) is 26.8. The van der Waals surface area contributed by atoms with Gasteiger partial charge in [0.15, 0.2) is 17.3 Å². The van der Waals surface area contributed by atoms with Gasteiger partial charge in [0.1, 0.15) is 17.7 Å². The molecule has 13 heteroatoms. The number of allylic oxidation sites excluding steroid dienone is 2. The smallest absolute Gasteiger partial charge is 0.240 e. The largest absolute Gasteiger partial charge is 0.472 e. The second-order valence-electron chi connectivity index (χ2n) is 16.4. The summed E-state index contributed by atoms with van der Waals surface area (Å²) < 4.78 is 54.3. The van der Waals surface area contributed by atoms with Crippen LogP contribution in [-0.2, 0) is 24.4 Å². The molecule has 8 rings (SSSR count). The lowest BCUT2D eigenvalue weighted by molar-refractivity contribution is -0.142. The van der Waals surface area contributed by atoms with Crippen LogP contribution in [0.3, 0.4) is 0 Å². The van der Waals surface area contributed by atoms with Gasteiger partial charge in [-0.3, -0.25) is 23.9 Å². The molecule has 56 heavy (non-hydrogen) atoms. The highest BCUT2D eigenvalue weighted by atomic mass is 32.2. The van der Waals surface area contributed by atoms with Crippen molar-refractivity contribution in [1.29, 1.82) is 0 Å². The summed E-state index contributed by atoms with van der Waals surface area (Å²) in [4.78, 5) is 63.0. The summed E-state index contributed by atoms with van der Waals surface area (Å²) in [7, 11) is -3.97. The van der Waals surface area contributed by atoms with Crippen LogP contribution in [0.4, 0.5) is 4.39 Å². The van der Waals surface area contributed by atoms with Crippen LogP contribution in [0.15, 0.2) is 71.2 Å². The molecule has 0 spiro atoms. The lowest BCUT2D eigenvalue weighted by atomic mass is 9.90. The van der Waals surface area contributed by atoms with Gasteiger partial charge in [-0.2, -0.15) is 0 Å². The number of nitrogens with one attached hydrogen (secondary N) is 1. The number of carbonyl (C=O) groups excluding carboxylic acids is 4. The van der Waals surface area contributed by atoms with Crippen LogP contribution >= 0.6 is 0 Å². The quantitative estimate of drug-likeness (QED) is 0.112. The minimum Gasteiger partial charge on any atom is -0.472 e. The van der Waals surface area contributed by atoms with Crippen molar-refractivity contribution < 1.29 is 41.1 Å². The van der Waals surface area contributed by atoms with Gasteiger partial charge < -0.3 is 14.1 Å². The Bertz CT molecular complexity index is 2390. The van der Waals surface area contributed by atoms with Gasteiger partial charge in [0, 0.05) is 42.0 Å². The molecule has 1 saturated heterocycles. The number of fused-ring (bicyclic) bond motifs is 5. The number of aryl methyl sites for hydroxylation is 1. The molecule has 4 heterocycles. The van der Waals surface area contributed by atoms with Crippen LogP contribution in [-0.4, -0.2) is 65.1 Å². The number of nitrogens with zero attached hydrogens (tertiary/aromatic N) is 2. The molecule has 0 unspecified atom stereocenters. The fourth-order valence-corrected chi connectivity index (χ4v) is 9.81. The maximum atomic E-state index is 14.7. The van der Waals surface area contributed by atoms with Crippen molar-refractivity contribution >= 4 is 55.1 Å². The number of ketones is 2. The number of furan rings is 1. The first-order valence-electron chi connectivity index (χ1n) is 19.6. The van der Waals surface area contributed by atoms with E-state index >= 15 is 0 Å². The highest BCUT2D eigenvalue weighted by molar-refractivity contribution is 7.91. The van der Waals surface area contributed by atoms with Gasteiger partial charge in [-0.25, -0.2) is 17.8 Å². The van der Waals surface area contributed by atoms with Crippen LogP contribution in [0.2, 0.25) is 0 Å². The number of ether oxygens (including phenoxy) is 1. The van der Waals surface area contributed by atoms with Crippen LogP contribution < -0.4 is 9.46 Å². The van der Waals surface area contributed by atoms with Gasteiger partial charge in [0.2, 0.25) is 27.7 Å². The zero-order chi connectivity index (χ0) is 39.4. The third kappa shape index (κ3) is 7.26. The van der Waals surface area contributed by atoms with Crippen molar-refractivity contribution in [2.24, 2.45) is 17.3 Å². The zero-order valence-corrected chi connectivity index (χ0v) is 32.4. The first kappa shape index (κ1) is 38.0. The predicted molar refractivity (Wildman–Crippen MR) is 207 cm³/mol. The summed E-state index contributed by atoms with van der Waals surface area (Å²) >= 11 is 0. The third-order valence-electron chi connectivity index (χ3n) is 12.3. The number of rotatable bonds is 8. The lowest BCUT2D eigenvalue weighted by Crippen LogP contribution is -2.47. The Morgan fingerprint density at radius 2 is 1.82 bits per heavy atom. The Morgan fingerprint density at radius 1 is 1.04 bits per heavy atom. The van der Waals surface area contributed by atoms with Crippen molar-refractivity contribution in [3.05, 3.63) is 84.1 Å². The van der Waals surface area contributed by atoms with Crippen LogP contribution in [0, 0.1) is 30.0 Å². The number of halogens is 1. The van der Waals surface area contributed by atoms with E-state index in [1.165, 1.54) is 17.0 Å². The molecule has 0 radical (unpaired) electrons. The zero-order valence-electron chi connectivity index (χ0n) is 31.6.